The predicted molar refractivity (Wildman–Crippen MR) is 119 cm³/mol. The van der Waals surface area contributed by atoms with Crippen LogP contribution >= 0.6 is 11.3 Å². The third-order valence-electron chi connectivity index (χ3n) is 4.93. The highest BCUT2D eigenvalue weighted by Crippen LogP contribution is 2.33. The Kier molecular flexibility index (Phi) is 7.18. The molecule has 2 heterocycles. The highest BCUT2D eigenvalue weighted by molar-refractivity contribution is 7.19. The van der Waals surface area contributed by atoms with Crippen molar-refractivity contribution in [1.29, 1.82) is 0 Å². The van der Waals surface area contributed by atoms with Gasteiger partial charge in [-0.25, -0.2) is 13.8 Å². The zero-order valence-electron chi connectivity index (χ0n) is 17.1. The number of rotatable bonds is 3. The molecule has 0 saturated heterocycles. The lowest BCUT2D eigenvalue weighted by atomic mass is 9.97. The summed E-state index contributed by atoms with van der Waals surface area (Å²) in [6, 6.07) is 3.98. The molecule has 166 valence electrons. The van der Waals surface area contributed by atoms with E-state index < -0.39 is 17.5 Å². The molecule has 7 N–H and O–H groups in total. The minimum atomic E-state index is -0.785. The van der Waals surface area contributed by atoms with Gasteiger partial charge in [0.05, 0.1) is 11.8 Å². The monoisotopic (exact) mass is 449 g/mol. The number of nitrogen functional groups attached to an aromatic ring is 2. The molecule has 0 unspecified atom stereocenters. The minimum absolute atomic E-state index is 0.0209. The van der Waals surface area contributed by atoms with E-state index in [9.17, 15) is 13.6 Å². The van der Waals surface area contributed by atoms with Gasteiger partial charge in [0.1, 0.15) is 33.1 Å². The van der Waals surface area contributed by atoms with E-state index in [4.69, 9.17) is 17.2 Å². The number of aromatic nitrogens is 3. The Hall–Kier alpha value is -3.05. The van der Waals surface area contributed by atoms with Crippen molar-refractivity contribution >= 4 is 33.8 Å². The number of hydrogen-bond donors (Lipinski definition) is 4. The lowest BCUT2D eigenvalue weighted by Crippen LogP contribution is -2.22. The van der Waals surface area contributed by atoms with E-state index in [-0.39, 0.29) is 32.8 Å². The quantitative estimate of drug-likeness (QED) is 0.483. The molecule has 1 aromatic carbocycles. The maximum absolute atomic E-state index is 13.8. The third kappa shape index (κ3) is 5.36. The van der Waals surface area contributed by atoms with Gasteiger partial charge in [-0.1, -0.05) is 36.7 Å². The van der Waals surface area contributed by atoms with Crippen molar-refractivity contribution in [3.63, 3.8) is 0 Å². The number of carbonyl (C=O) groups is 1. The Bertz CT molecular complexity index is 1040. The fourth-order valence-corrected chi connectivity index (χ4v) is 4.04. The second kappa shape index (κ2) is 9.84. The zero-order chi connectivity index (χ0) is 22.5. The Morgan fingerprint density at radius 3 is 2.35 bits per heavy atom. The van der Waals surface area contributed by atoms with Crippen LogP contribution in [0.1, 0.15) is 42.6 Å². The van der Waals surface area contributed by atoms with Crippen LogP contribution in [0.25, 0.3) is 10.6 Å². The van der Waals surface area contributed by atoms with Gasteiger partial charge in [-0.15, -0.1) is 0 Å². The normalized spacial score (nSPS) is 14.1. The van der Waals surface area contributed by atoms with E-state index in [1.807, 2.05) is 0 Å². The Labute approximate surface area is 182 Å². The summed E-state index contributed by atoms with van der Waals surface area (Å²) in [7, 11) is 1.61. The summed E-state index contributed by atoms with van der Waals surface area (Å²) in [5.41, 5.74) is 17.0. The first kappa shape index (κ1) is 22.6. The first-order chi connectivity index (χ1) is 14.8. The number of hydrogen-bond acceptors (Lipinski definition) is 7. The molecular weight excluding hydrogens is 424 g/mol. The van der Waals surface area contributed by atoms with Crippen LogP contribution in [0, 0.1) is 11.6 Å². The van der Waals surface area contributed by atoms with E-state index in [2.05, 4.69) is 15.4 Å². The van der Waals surface area contributed by atoms with Crippen molar-refractivity contribution in [3.8, 4) is 10.6 Å². The molecule has 1 aliphatic carbocycles. The van der Waals surface area contributed by atoms with Gasteiger partial charge in [-0.3, -0.25) is 9.48 Å². The summed E-state index contributed by atoms with van der Waals surface area (Å²) in [5, 5.41) is 6.42. The molecule has 1 aliphatic rings. The van der Waals surface area contributed by atoms with Gasteiger partial charge >= 0.3 is 0 Å². The molecule has 1 saturated carbocycles. The summed E-state index contributed by atoms with van der Waals surface area (Å²) < 4.78 is 29.1. The van der Waals surface area contributed by atoms with Gasteiger partial charge in [0, 0.05) is 13.1 Å². The number of halogens is 2. The average molecular weight is 450 g/mol. The van der Waals surface area contributed by atoms with Crippen LogP contribution in [0.4, 0.5) is 25.3 Å². The number of nitrogens with one attached hydrogen (secondary N) is 1. The van der Waals surface area contributed by atoms with E-state index in [0.717, 1.165) is 23.5 Å². The number of amides is 1. The third-order valence-corrected chi connectivity index (χ3v) is 5.83. The standard InChI is InChI=1S/C14H12F2N6OS.C6H13N/c1-22-11(17)8(5-19-22)20-13(23)10-12(18)24-14(21-10)9-6(15)3-2-4-7(9)16;7-6-4-2-1-3-5-6/h2-5H,17-18H2,1H3,(H,20,23);6H,1-5,7H2. The van der Waals surface area contributed by atoms with Gasteiger partial charge in [-0.05, 0) is 25.0 Å². The van der Waals surface area contributed by atoms with Crippen LogP contribution in [0.3, 0.4) is 0 Å². The van der Waals surface area contributed by atoms with E-state index >= 15 is 0 Å². The van der Waals surface area contributed by atoms with Crippen LogP contribution < -0.4 is 22.5 Å². The van der Waals surface area contributed by atoms with Gasteiger partial charge in [0.15, 0.2) is 5.69 Å². The summed E-state index contributed by atoms with van der Waals surface area (Å²) in [4.78, 5) is 16.3. The number of nitrogens with zero attached hydrogens (tertiary/aromatic N) is 3. The van der Waals surface area contributed by atoms with Gasteiger partial charge < -0.3 is 22.5 Å². The lowest BCUT2D eigenvalue weighted by Gasteiger charge is -2.15. The molecule has 0 aliphatic heterocycles. The van der Waals surface area contributed by atoms with Crippen LogP contribution in [0.2, 0.25) is 0 Å². The van der Waals surface area contributed by atoms with Crippen LogP contribution in [0.5, 0.6) is 0 Å². The minimum Gasteiger partial charge on any atom is -0.389 e. The number of thiazole rings is 1. The second-order valence-corrected chi connectivity index (χ2v) is 8.28. The lowest BCUT2D eigenvalue weighted by molar-refractivity contribution is 0.102. The summed E-state index contributed by atoms with van der Waals surface area (Å²) in [5.74, 6) is -1.97. The fraction of sp³-hybridized carbons (Fsp3) is 0.350. The molecule has 0 atom stereocenters. The number of anilines is 3. The second-order valence-electron chi connectivity index (χ2n) is 7.25. The van der Waals surface area contributed by atoms with Crippen LogP contribution in [0.15, 0.2) is 24.4 Å². The summed E-state index contributed by atoms with van der Waals surface area (Å²) in [6.07, 6.45) is 8.03. The van der Waals surface area contributed by atoms with E-state index in [1.165, 1.54) is 49.0 Å². The zero-order valence-corrected chi connectivity index (χ0v) is 17.9. The van der Waals surface area contributed by atoms with Gasteiger partial charge in [0.2, 0.25) is 0 Å². The summed E-state index contributed by atoms with van der Waals surface area (Å²) in [6.45, 7) is 0. The van der Waals surface area contributed by atoms with Gasteiger partial charge in [-0.2, -0.15) is 5.10 Å². The molecule has 0 radical (unpaired) electrons. The average Bonchev–Trinajstić information content (AvgIpc) is 3.26. The Morgan fingerprint density at radius 1 is 1.19 bits per heavy atom. The van der Waals surface area contributed by atoms with Crippen molar-refractivity contribution in [1.82, 2.24) is 14.8 Å². The van der Waals surface area contributed by atoms with Crippen molar-refractivity contribution in [2.45, 2.75) is 38.1 Å². The van der Waals surface area contributed by atoms with Crippen molar-refractivity contribution in [2.24, 2.45) is 12.8 Å². The van der Waals surface area contributed by atoms with E-state index in [0.29, 0.717) is 6.04 Å². The molecule has 1 amide bonds. The Balaban J connectivity index is 0.000000330. The number of nitrogens with two attached hydrogens (primary N) is 3. The largest absolute Gasteiger partial charge is 0.389 e. The molecule has 1 fully saturated rings. The molecule has 3 aromatic rings. The molecule has 4 rings (SSSR count). The molecule has 0 spiro atoms. The molecule has 2 aromatic heterocycles. The highest BCUT2D eigenvalue weighted by Gasteiger charge is 2.22. The molecule has 11 heteroatoms. The maximum atomic E-state index is 13.8. The maximum Gasteiger partial charge on any atom is 0.277 e. The predicted octanol–water partition coefficient (Wildman–Crippen LogP) is 3.52. The number of benzene rings is 1. The number of aryl methyl sites for hydroxylation is 1. The van der Waals surface area contributed by atoms with Crippen molar-refractivity contribution in [3.05, 3.63) is 41.7 Å². The molecule has 31 heavy (non-hydrogen) atoms. The first-order valence-corrected chi connectivity index (χ1v) is 10.6. The topological polar surface area (TPSA) is 138 Å². The molecule has 0 bridgehead atoms. The molecular formula is C20H25F2N7OS. The fourth-order valence-electron chi connectivity index (χ4n) is 3.16. The summed E-state index contributed by atoms with van der Waals surface area (Å²) >= 11 is 0.818. The van der Waals surface area contributed by atoms with Crippen molar-refractivity contribution < 1.29 is 13.6 Å². The van der Waals surface area contributed by atoms with Crippen LogP contribution in [-0.2, 0) is 7.05 Å². The van der Waals surface area contributed by atoms with E-state index in [1.54, 1.807) is 7.05 Å². The molecule has 8 nitrogen and oxygen atoms in total. The SMILES string of the molecule is Cn1ncc(NC(=O)c2nc(-c3c(F)cccc3F)sc2N)c1N.NC1CCCCC1. The Morgan fingerprint density at radius 2 is 1.84 bits per heavy atom. The number of carbonyl (C=O) groups excluding carboxylic acids is 1. The van der Waals surface area contributed by atoms with Gasteiger partial charge in [0.25, 0.3) is 5.91 Å². The van der Waals surface area contributed by atoms with Crippen LogP contribution in [-0.4, -0.2) is 26.7 Å². The van der Waals surface area contributed by atoms with Crippen molar-refractivity contribution in [2.75, 3.05) is 16.8 Å². The first-order valence-electron chi connectivity index (χ1n) is 9.83. The smallest absolute Gasteiger partial charge is 0.277 e. The highest BCUT2D eigenvalue weighted by atomic mass is 32.1.